The van der Waals surface area contributed by atoms with Crippen LogP contribution in [0.2, 0.25) is 0 Å². The van der Waals surface area contributed by atoms with Crippen LogP contribution in [0.15, 0.2) is 83.0 Å². The van der Waals surface area contributed by atoms with E-state index in [4.69, 9.17) is 23.2 Å². The van der Waals surface area contributed by atoms with Crippen molar-refractivity contribution >= 4 is 78.4 Å². The molecule has 8 nitrogen and oxygen atoms in total. The van der Waals surface area contributed by atoms with E-state index >= 15 is 0 Å². The largest absolute Gasteiger partial charge is 0.416 e. The summed E-state index contributed by atoms with van der Waals surface area (Å²) in [6.45, 7) is 6.85. The third kappa shape index (κ3) is 12.3. The number of alkyl halides is 8. The number of nitrogens with zero attached hydrogens (tertiary/aromatic N) is 6. The van der Waals surface area contributed by atoms with Crippen molar-refractivity contribution in [1.29, 1.82) is 0 Å². The number of fused-ring (bicyclic) bond motifs is 2. The lowest BCUT2D eigenvalue weighted by Gasteiger charge is -2.08. The molecular formula is C38H34Cl2F8N6O2S2. The monoisotopic (exact) mass is 892 g/mol. The molecule has 310 valence electrons. The number of aromatic nitrogens is 4. The zero-order chi connectivity index (χ0) is 42.8. The summed E-state index contributed by atoms with van der Waals surface area (Å²) in [6.07, 6.45) is -2.71. The molecule has 2 amide bonds. The van der Waals surface area contributed by atoms with Gasteiger partial charge < -0.3 is 9.13 Å². The van der Waals surface area contributed by atoms with E-state index in [1.54, 1.807) is 40.6 Å². The summed E-state index contributed by atoms with van der Waals surface area (Å²) in [6, 6.07) is 10.6. The molecule has 0 radical (unpaired) electrons. The summed E-state index contributed by atoms with van der Waals surface area (Å²) in [7, 11) is 0. The molecule has 0 bridgehead atoms. The van der Waals surface area contributed by atoms with E-state index in [2.05, 4.69) is 20.0 Å². The fraction of sp³-hybridized carbons (Fsp3) is 0.316. The van der Waals surface area contributed by atoms with E-state index in [1.165, 1.54) is 0 Å². The summed E-state index contributed by atoms with van der Waals surface area (Å²) in [5.74, 6) is -4.21. The quantitative estimate of drug-likeness (QED) is 0.112. The topological polar surface area (TPSA) is 94.5 Å². The SMILES string of the molecule is CC(Cl)Cl.CCCCn1c(=NC(=O)c2cc(C(F)(F)F)ccc2F)sc2ncccc21.CCCCn1c(=NC(=O)c2cc(C(F)(F)F)ccc2F)sc2ncccc21. The summed E-state index contributed by atoms with van der Waals surface area (Å²) >= 11 is 12.3. The Kier molecular flexibility index (Phi) is 16.3. The van der Waals surface area contributed by atoms with Crippen LogP contribution in [0.4, 0.5) is 35.1 Å². The number of hydrogen-bond acceptors (Lipinski definition) is 6. The molecule has 0 N–H and O–H groups in total. The molecule has 0 aliphatic heterocycles. The molecule has 20 heteroatoms. The second kappa shape index (κ2) is 20.4. The zero-order valence-electron chi connectivity index (χ0n) is 30.8. The highest BCUT2D eigenvalue weighted by molar-refractivity contribution is 7.16. The van der Waals surface area contributed by atoms with Crippen LogP contribution in [0, 0.1) is 11.6 Å². The van der Waals surface area contributed by atoms with Gasteiger partial charge in [-0.15, -0.1) is 23.2 Å². The summed E-state index contributed by atoms with van der Waals surface area (Å²) in [4.78, 5) is 42.7. The molecule has 0 fully saturated rings. The van der Waals surface area contributed by atoms with Crippen molar-refractivity contribution in [2.75, 3.05) is 0 Å². The van der Waals surface area contributed by atoms with Crippen LogP contribution in [-0.2, 0) is 25.4 Å². The van der Waals surface area contributed by atoms with Crippen molar-refractivity contribution in [1.82, 2.24) is 19.1 Å². The van der Waals surface area contributed by atoms with Gasteiger partial charge in [-0.3, -0.25) is 9.59 Å². The molecule has 4 aromatic heterocycles. The van der Waals surface area contributed by atoms with Crippen LogP contribution in [0.5, 0.6) is 0 Å². The molecule has 0 aliphatic rings. The number of rotatable bonds is 8. The van der Waals surface area contributed by atoms with Crippen LogP contribution in [-0.4, -0.2) is 35.8 Å². The smallest absolute Gasteiger partial charge is 0.315 e. The number of amides is 2. The van der Waals surface area contributed by atoms with Crippen molar-refractivity contribution in [2.45, 2.75) is 76.7 Å². The van der Waals surface area contributed by atoms with Crippen molar-refractivity contribution in [3.05, 3.63) is 117 Å². The van der Waals surface area contributed by atoms with Gasteiger partial charge in [-0.2, -0.15) is 36.3 Å². The van der Waals surface area contributed by atoms with Crippen LogP contribution in [0.3, 0.4) is 0 Å². The fourth-order valence-corrected chi connectivity index (χ4v) is 7.07. The standard InChI is InChI=1S/2C18H15F4N3OS.C2H4Cl2/c2*1-2-3-9-25-14-5-4-8-23-16(14)27-17(25)24-15(26)12-10-11(18(20,21)22)6-7-13(12)19;1-2(3)4/h2*4-8,10H,2-3,9H2,1H3;2H,1H3. The van der Waals surface area contributed by atoms with Crippen LogP contribution >= 0.6 is 45.9 Å². The first-order valence-electron chi connectivity index (χ1n) is 17.4. The van der Waals surface area contributed by atoms with Crippen LogP contribution in [0.25, 0.3) is 20.7 Å². The highest BCUT2D eigenvalue weighted by Gasteiger charge is 2.33. The number of pyridine rings is 2. The van der Waals surface area contributed by atoms with E-state index in [1.807, 2.05) is 26.0 Å². The van der Waals surface area contributed by atoms with Gasteiger partial charge in [0.15, 0.2) is 9.60 Å². The van der Waals surface area contributed by atoms with Crippen molar-refractivity contribution in [3.8, 4) is 0 Å². The maximum Gasteiger partial charge on any atom is 0.416 e. The number of unbranched alkanes of at least 4 members (excludes halogenated alkanes) is 2. The summed E-state index contributed by atoms with van der Waals surface area (Å²) in [5, 5.41) is 0. The van der Waals surface area contributed by atoms with Crippen molar-refractivity contribution in [3.63, 3.8) is 0 Å². The lowest BCUT2D eigenvalue weighted by molar-refractivity contribution is -0.138. The average Bonchev–Trinajstić information content (AvgIpc) is 3.68. The number of carbonyl (C=O) groups is 2. The molecule has 2 aromatic carbocycles. The Morgan fingerprint density at radius 2 is 1.05 bits per heavy atom. The predicted molar refractivity (Wildman–Crippen MR) is 209 cm³/mol. The molecule has 0 unspecified atom stereocenters. The maximum atomic E-state index is 14.0. The lowest BCUT2D eigenvalue weighted by atomic mass is 10.1. The lowest BCUT2D eigenvalue weighted by Crippen LogP contribution is -2.18. The van der Waals surface area contributed by atoms with Gasteiger partial charge in [0.1, 0.15) is 26.1 Å². The van der Waals surface area contributed by atoms with Gasteiger partial charge in [-0.05, 0) is 80.4 Å². The van der Waals surface area contributed by atoms with E-state index in [9.17, 15) is 44.7 Å². The van der Waals surface area contributed by atoms with E-state index < -0.39 is 58.1 Å². The molecule has 0 spiro atoms. The van der Waals surface area contributed by atoms with Crippen LogP contribution in [0.1, 0.15) is 78.3 Å². The maximum absolute atomic E-state index is 14.0. The molecule has 0 atom stereocenters. The first-order valence-corrected chi connectivity index (χ1v) is 19.9. The fourth-order valence-electron chi connectivity index (χ4n) is 5.08. The number of aryl methyl sites for hydroxylation is 2. The number of thiazole rings is 2. The molecule has 0 aliphatic carbocycles. The summed E-state index contributed by atoms with van der Waals surface area (Å²) in [5.41, 5.74) is -2.08. The second-order valence-corrected chi connectivity index (χ2v) is 15.6. The Labute approximate surface area is 344 Å². The minimum atomic E-state index is -4.68. The number of benzene rings is 2. The first-order chi connectivity index (χ1) is 27.3. The molecule has 6 aromatic rings. The van der Waals surface area contributed by atoms with Gasteiger partial charge >= 0.3 is 12.4 Å². The molecule has 0 saturated carbocycles. The van der Waals surface area contributed by atoms with Gasteiger partial charge in [0.2, 0.25) is 0 Å². The Hall–Kier alpha value is -4.52. The Morgan fingerprint density at radius 3 is 1.38 bits per heavy atom. The van der Waals surface area contributed by atoms with Gasteiger partial charge in [0, 0.05) is 25.5 Å². The third-order valence-corrected chi connectivity index (χ3v) is 9.84. The van der Waals surface area contributed by atoms with Crippen molar-refractivity contribution < 1.29 is 44.7 Å². The minimum Gasteiger partial charge on any atom is -0.315 e. The molecule has 58 heavy (non-hydrogen) atoms. The molecular weight excluding hydrogens is 859 g/mol. The van der Waals surface area contributed by atoms with Gasteiger partial charge in [0.05, 0.1) is 33.3 Å². The van der Waals surface area contributed by atoms with Crippen molar-refractivity contribution in [2.24, 2.45) is 9.98 Å². The third-order valence-electron chi connectivity index (χ3n) is 7.83. The number of hydrogen-bond donors (Lipinski definition) is 0. The Bertz CT molecular complexity index is 2340. The predicted octanol–water partition coefficient (Wildman–Crippen LogP) is 11.4. The van der Waals surface area contributed by atoms with Gasteiger partial charge in [0.25, 0.3) is 11.8 Å². The number of carbonyl (C=O) groups excluding carboxylic acids is 2. The van der Waals surface area contributed by atoms with Crippen LogP contribution < -0.4 is 9.60 Å². The summed E-state index contributed by atoms with van der Waals surface area (Å²) < 4.78 is 109. The molecule has 6 rings (SSSR count). The zero-order valence-corrected chi connectivity index (χ0v) is 34.0. The number of halogens is 10. The molecule has 4 heterocycles. The van der Waals surface area contributed by atoms with Gasteiger partial charge in [-0.25, -0.2) is 18.7 Å². The van der Waals surface area contributed by atoms with E-state index in [0.717, 1.165) is 59.4 Å². The van der Waals surface area contributed by atoms with Gasteiger partial charge in [-0.1, -0.05) is 49.4 Å². The van der Waals surface area contributed by atoms with E-state index in [0.29, 0.717) is 59.1 Å². The van der Waals surface area contributed by atoms with E-state index in [-0.39, 0.29) is 14.4 Å². The molecule has 0 saturated heterocycles. The minimum absolute atomic E-state index is 0.222. The first kappa shape index (κ1) is 46.2. The highest BCUT2D eigenvalue weighted by Crippen LogP contribution is 2.32. The average molecular weight is 894 g/mol. The Balaban J connectivity index is 0.000000235. The second-order valence-electron chi connectivity index (χ2n) is 12.2. The highest BCUT2D eigenvalue weighted by atomic mass is 35.5. The Morgan fingerprint density at radius 1 is 0.690 bits per heavy atom. The normalized spacial score (nSPS) is 12.4.